The topological polar surface area (TPSA) is 17.1 Å². The number of alkyl halides is 3. The number of hydrogen-bond donors (Lipinski definition) is 0. The van der Waals surface area contributed by atoms with Crippen molar-refractivity contribution in [3.8, 4) is 0 Å². The third-order valence-electron chi connectivity index (χ3n) is 4.02. The Morgan fingerprint density at radius 1 is 0.680 bits per heavy atom. The molecule has 0 aliphatic carbocycles. The average Bonchev–Trinajstić information content (AvgIpc) is 2.63. The minimum Gasteiger partial charge on any atom is -0.293 e. The number of rotatable bonds is 4. The van der Waals surface area contributed by atoms with Crippen molar-refractivity contribution in [3.63, 3.8) is 0 Å². The Hall–Kier alpha value is -2.88. The summed E-state index contributed by atoms with van der Waals surface area (Å²) in [4.78, 5) is 13.0. The van der Waals surface area contributed by atoms with Crippen LogP contribution in [0.4, 0.5) is 13.2 Å². The Balaban J connectivity index is 2.00. The molecule has 0 unspecified atom stereocenters. The predicted molar refractivity (Wildman–Crippen MR) is 90.5 cm³/mol. The average molecular weight is 340 g/mol. The summed E-state index contributed by atoms with van der Waals surface area (Å²) in [6, 6.07) is 22.8. The van der Waals surface area contributed by atoms with Gasteiger partial charge in [0, 0.05) is 5.56 Å². The highest BCUT2D eigenvalue weighted by atomic mass is 19.4. The van der Waals surface area contributed by atoms with E-state index in [0.29, 0.717) is 0 Å². The third kappa shape index (κ3) is 3.79. The van der Waals surface area contributed by atoms with E-state index in [0.717, 1.165) is 23.3 Å². The molecule has 4 heteroatoms. The molecular formula is C21H15F3O. The van der Waals surface area contributed by atoms with E-state index in [2.05, 4.69) is 0 Å². The van der Waals surface area contributed by atoms with Crippen molar-refractivity contribution in [2.45, 2.75) is 12.1 Å². The van der Waals surface area contributed by atoms with E-state index in [1.54, 1.807) is 0 Å². The lowest BCUT2D eigenvalue weighted by atomic mass is 9.85. The van der Waals surface area contributed by atoms with E-state index in [-0.39, 0.29) is 11.3 Å². The number of ketones is 1. The van der Waals surface area contributed by atoms with E-state index >= 15 is 0 Å². The van der Waals surface area contributed by atoms with Crippen molar-refractivity contribution < 1.29 is 18.0 Å². The first-order valence-corrected chi connectivity index (χ1v) is 7.78. The zero-order valence-electron chi connectivity index (χ0n) is 13.2. The normalized spacial score (nSPS) is 11.5. The summed E-state index contributed by atoms with van der Waals surface area (Å²) < 4.78 is 38.2. The third-order valence-corrected chi connectivity index (χ3v) is 4.02. The summed E-state index contributed by atoms with van der Waals surface area (Å²) in [6.45, 7) is 0. The maximum Gasteiger partial charge on any atom is 0.416 e. The van der Waals surface area contributed by atoms with Gasteiger partial charge >= 0.3 is 6.18 Å². The molecule has 0 aliphatic rings. The summed E-state index contributed by atoms with van der Waals surface area (Å²) >= 11 is 0. The molecule has 1 nitrogen and oxygen atoms in total. The maximum absolute atomic E-state index is 13.0. The summed E-state index contributed by atoms with van der Waals surface area (Å²) in [5.41, 5.74) is 1.10. The fraction of sp³-hybridized carbons (Fsp3) is 0.0952. The van der Waals surface area contributed by atoms with Crippen LogP contribution in [0, 0.1) is 0 Å². The van der Waals surface area contributed by atoms with Crippen LogP contribution >= 0.6 is 0 Å². The van der Waals surface area contributed by atoms with Crippen molar-refractivity contribution >= 4 is 5.78 Å². The van der Waals surface area contributed by atoms with Crippen LogP contribution in [0.3, 0.4) is 0 Å². The fourth-order valence-electron chi connectivity index (χ4n) is 2.78. The highest BCUT2D eigenvalue weighted by molar-refractivity contribution is 6.03. The van der Waals surface area contributed by atoms with E-state index < -0.39 is 17.7 Å². The lowest BCUT2D eigenvalue weighted by Crippen LogP contribution is -2.15. The number of carbonyl (C=O) groups excluding carboxylic acids is 1. The Morgan fingerprint density at radius 2 is 1.12 bits per heavy atom. The fourth-order valence-corrected chi connectivity index (χ4v) is 2.78. The highest BCUT2D eigenvalue weighted by Gasteiger charge is 2.31. The number of halogens is 3. The molecule has 0 heterocycles. The van der Waals surface area contributed by atoms with Crippen LogP contribution in [0.5, 0.6) is 0 Å². The van der Waals surface area contributed by atoms with Gasteiger partial charge in [0.1, 0.15) is 0 Å². The quantitative estimate of drug-likeness (QED) is 0.555. The second-order valence-corrected chi connectivity index (χ2v) is 5.69. The monoisotopic (exact) mass is 340 g/mol. The van der Waals surface area contributed by atoms with Gasteiger partial charge in [0.25, 0.3) is 0 Å². The second kappa shape index (κ2) is 6.93. The van der Waals surface area contributed by atoms with Crippen molar-refractivity contribution in [2.24, 2.45) is 0 Å². The molecule has 0 amide bonds. The Labute approximate surface area is 143 Å². The molecule has 3 aromatic rings. The number of hydrogen-bond acceptors (Lipinski definition) is 1. The van der Waals surface area contributed by atoms with Crippen LogP contribution in [-0.4, -0.2) is 5.78 Å². The summed E-state index contributed by atoms with van der Waals surface area (Å²) in [6.07, 6.45) is -4.42. The van der Waals surface area contributed by atoms with Crippen LogP contribution in [0.25, 0.3) is 0 Å². The molecule has 0 aromatic heterocycles. The molecule has 0 spiro atoms. The number of Topliss-reactive ketones (excluding diaryl/α,β-unsaturated/α-hetero) is 1. The zero-order chi connectivity index (χ0) is 17.9. The smallest absolute Gasteiger partial charge is 0.293 e. The van der Waals surface area contributed by atoms with Gasteiger partial charge in [-0.2, -0.15) is 13.2 Å². The van der Waals surface area contributed by atoms with Crippen LogP contribution < -0.4 is 0 Å². The summed E-state index contributed by atoms with van der Waals surface area (Å²) in [7, 11) is 0. The van der Waals surface area contributed by atoms with Crippen LogP contribution in [0.2, 0.25) is 0 Å². The molecule has 126 valence electrons. The SMILES string of the molecule is O=C(c1ccc(C(F)(F)F)cc1)C(c1ccccc1)c1ccccc1. The minimum atomic E-state index is -4.42. The van der Waals surface area contributed by atoms with Gasteiger partial charge in [-0.25, -0.2) is 0 Å². The molecule has 3 rings (SSSR count). The van der Waals surface area contributed by atoms with Gasteiger partial charge in [0.05, 0.1) is 11.5 Å². The van der Waals surface area contributed by atoms with E-state index in [1.165, 1.54) is 12.1 Å². The lowest BCUT2D eigenvalue weighted by Gasteiger charge is -2.17. The molecule has 0 fully saturated rings. The van der Waals surface area contributed by atoms with Gasteiger partial charge in [0.15, 0.2) is 5.78 Å². The predicted octanol–water partition coefficient (Wildman–Crippen LogP) is 5.72. The van der Waals surface area contributed by atoms with Crippen molar-refractivity contribution in [1.29, 1.82) is 0 Å². The molecule has 25 heavy (non-hydrogen) atoms. The molecular weight excluding hydrogens is 325 g/mol. The largest absolute Gasteiger partial charge is 0.416 e. The number of benzene rings is 3. The summed E-state index contributed by atoms with van der Waals surface area (Å²) in [5, 5.41) is 0. The maximum atomic E-state index is 13.0. The van der Waals surface area contributed by atoms with Gasteiger partial charge in [-0.1, -0.05) is 72.8 Å². The van der Waals surface area contributed by atoms with Gasteiger partial charge in [-0.15, -0.1) is 0 Å². The Kier molecular flexibility index (Phi) is 4.70. The van der Waals surface area contributed by atoms with Gasteiger partial charge in [-0.05, 0) is 23.3 Å². The first-order chi connectivity index (χ1) is 12.0. The van der Waals surface area contributed by atoms with E-state index in [1.807, 2.05) is 60.7 Å². The van der Waals surface area contributed by atoms with E-state index in [4.69, 9.17) is 0 Å². The molecule has 0 saturated carbocycles. The highest BCUT2D eigenvalue weighted by Crippen LogP contribution is 2.32. The van der Waals surface area contributed by atoms with Gasteiger partial charge in [0.2, 0.25) is 0 Å². The summed E-state index contributed by atoms with van der Waals surface area (Å²) in [5.74, 6) is -0.787. The lowest BCUT2D eigenvalue weighted by molar-refractivity contribution is -0.137. The standard InChI is InChI=1S/C21H15F3O/c22-21(23,24)18-13-11-17(12-14-18)20(25)19(15-7-3-1-4-8-15)16-9-5-2-6-10-16/h1-14,19H. The molecule has 0 radical (unpaired) electrons. The Morgan fingerprint density at radius 3 is 1.52 bits per heavy atom. The molecule has 0 atom stereocenters. The van der Waals surface area contributed by atoms with Gasteiger partial charge < -0.3 is 0 Å². The van der Waals surface area contributed by atoms with Crippen molar-refractivity contribution in [1.82, 2.24) is 0 Å². The van der Waals surface area contributed by atoms with Crippen molar-refractivity contribution in [3.05, 3.63) is 107 Å². The van der Waals surface area contributed by atoms with Gasteiger partial charge in [-0.3, -0.25) is 4.79 Å². The Bertz CT molecular complexity index is 798. The molecule has 0 saturated heterocycles. The van der Waals surface area contributed by atoms with Crippen molar-refractivity contribution in [2.75, 3.05) is 0 Å². The first-order valence-electron chi connectivity index (χ1n) is 7.78. The molecule has 0 N–H and O–H groups in total. The van der Waals surface area contributed by atoms with E-state index in [9.17, 15) is 18.0 Å². The van der Waals surface area contributed by atoms with Crippen LogP contribution in [0.1, 0.15) is 33.0 Å². The first kappa shape index (κ1) is 17.0. The molecule has 0 bridgehead atoms. The molecule has 3 aromatic carbocycles. The second-order valence-electron chi connectivity index (χ2n) is 5.69. The zero-order valence-corrected chi connectivity index (χ0v) is 13.2. The van der Waals surface area contributed by atoms with Crippen LogP contribution in [0.15, 0.2) is 84.9 Å². The molecule has 0 aliphatic heterocycles. The minimum absolute atomic E-state index is 0.230. The van der Waals surface area contributed by atoms with Crippen LogP contribution in [-0.2, 0) is 6.18 Å². The number of carbonyl (C=O) groups is 1.